The van der Waals surface area contributed by atoms with E-state index < -0.39 is 9.84 Å². The molecule has 0 atom stereocenters. The molecule has 0 unspecified atom stereocenters. The standard InChI is InChI=1S/C15H20BrN3O2S.HI/c1-17-15(19-13-4-2-3-5-13)18-10-11-22(20,21)14-8-6-12(16)7-9-14;/h2-3,6-9,13H,4-5,10-11H2,1H3,(H2,17,18,19);1H. The molecule has 23 heavy (non-hydrogen) atoms. The fourth-order valence-electron chi connectivity index (χ4n) is 2.19. The van der Waals surface area contributed by atoms with Crippen molar-refractivity contribution in [1.82, 2.24) is 10.6 Å². The van der Waals surface area contributed by atoms with Gasteiger partial charge >= 0.3 is 0 Å². The second-order valence-electron chi connectivity index (χ2n) is 5.06. The summed E-state index contributed by atoms with van der Waals surface area (Å²) in [6.45, 7) is 0.318. The van der Waals surface area contributed by atoms with E-state index in [2.05, 4.69) is 43.7 Å². The lowest BCUT2D eigenvalue weighted by Gasteiger charge is -2.16. The van der Waals surface area contributed by atoms with Crippen LogP contribution in [-0.2, 0) is 9.84 Å². The van der Waals surface area contributed by atoms with Gasteiger partial charge < -0.3 is 10.6 Å². The molecule has 5 nitrogen and oxygen atoms in total. The molecule has 0 saturated carbocycles. The third-order valence-electron chi connectivity index (χ3n) is 3.41. The van der Waals surface area contributed by atoms with Gasteiger partial charge in [-0.1, -0.05) is 28.1 Å². The van der Waals surface area contributed by atoms with Crippen LogP contribution < -0.4 is 10.6 Å². The van der Waals surface area contributed by atoms with E-state index in [-0.39, 0.29) is 29.7 Å². The number of benzene rings is 1. The minimum absolute atomic E-state index is 0. The average molecular weight is 514 g/mol. The molecule has 0 bridgehead atoms. The van der Waals surface area contributed by atoms with Crippen molar-refractivity contribution in [3.8, 4) is 0 Å². The number of rotatable bonds is 5. The van der Waals surface area contributed by atoms with Gasteiger partial charge in [0.1, 0.15) is 0 Å². The molecule has 1 aromatic rings. The van der Waals surface area contributed by atoms with Crippen molar-refractivity contribution in [2.24, 2.45) is 4.99 Å². The minimum atomic E-state index is -3.29. The van der Waals surface area contributed by atoms with Crippen LogP contribution in [0.5, 0.6) is 0 Å². The van der Waals surface area contributed by atoms with Crippen LogP contribution in [0.2, 0.25) is 0 Å². The molecule has 0 aliphatic heterocycles. The predicted octanol–water partition coefficient (Wildman–Crippen LogP) is 2.72. The molecule has 0 aromatic heterocycles. The van der Waals surface area contributed by atoms with Gasteiger partial charge in [0.05, 0.1) is 10.6 Å². The Bertz CT molecular complexity index is 652. The van der Waals surface area contributed by atoms with Crippen LogP contribution in [0.1, 0.15) is 12.8 Å². The highest BCUT2D eigenvalue weighted by molar-refractivity contribution is 14.0. The number of halogens is 2. The molecule has 2 rings (SSSR count). The molecule has 128 valence electrons. The van der Waals surface area contributed by atoms with Crippen molar-refractivity contribution in [3.05, 3.63) is 40.9 Å². The van der Waals surface area contributed by atoms with Gasteiger partial charge in [0.15, 0.2) is 15.8 Å². The molecule has 0 saturated heterocycles. The predicted molar refractivity (Wildman–Crippen MR) is 108 cm³/mol. The average Bonchev–Trinajstić information content (AvgIpc) is 2.99. The highest BCUT2D eigenvalue weighted by Gasteiger charge is 2.15. The second-order valence-corrected chi connectivity index (χ2v) is 8.08. The van der Waals surface area contributed by atoms with E-state index in [1.807, 2.05) is 0 Å². The number of nitrogens with one attached hydrogen (secondary N) is 2. The van der Waals surface area contributed by atoms with Crippen molar-refractivity contribution in [2.45, 2.75) is 23.8 Å². The molecular formula is C15H21BrIN3O2S. The number of hydrogen-bond acceptors (Lipinski definition) is 3. The highest BCUT2D eigenvalue weighted by Crippen LogP contribution is 2.15. The van der Waals surface area contributed by atoms with E-state index in [4.69, 9.17) is 0 Å². The van der Waals surface area contributed by atoms with E-state index in [1.165, 1.54) is 0 Å². The minimum Gasteiger partial charge on any atom is -0.355 e. The Morgan fingerprint density at radius 3 is 2.43 bits per heavy atom. The molecule has 1 aliphatic carbocycles. The van der Waals surface area contributed by atoms with Crippen LogP contribution in [0.3, 0.4) is 0 Å². The quantitative estimate of drug-likeness (QED) is 0.275. The first-order valence-corrected chi connectivity index (χ1v) is 9.56. The SMILES string of the molecule is CN=C(NCCS(=O)(=O)c1ccc(Br)cc1)NC1CC=CC1.I. The number of hydrogen-bond donors (Lipinski definition) is 2. The van der Waals surface area contributed by atoms with E-state index in [9.17, 15) is 8.42 Å². The first-order valence-electron chi connectivity index (χ1n) is 7.12. The molecule has 0 radical (unpaired) electrons. The number of sulfone groups is 1. The highest BCUT2D eigenvalue weighted by atomic mass is 127. The monoisotopic (exact) mass is 513 g/mol. The number of aliphatic imine (C=N–C) groups is 1. The Morgan fingerprint density at radius 2 is 1.87 bits per heavy atom. The van der Waals surface area contributed by atoms with E-state index in [0.29, 0.717) is 23.4 Å². The summed E-state index contributed by atoms with van der Waals surface area (Å²) in [4.78, 5) is 4.45. The Morgan fingerprint density at radius 1 is 1.26 bits per heavy atom. The van der Waals surface area contributed by atoms with Gasteiger partial charge in [-0.25, -0.2) is 8.42 Å². The maximum absolute atomic E-state index is 12.2. The molecule has 2 N–H and O–H groups in total. The van der Waals surface area contributed by atoms with Gasteiger partial charge in [0.2, 0.25) is 0 Å². The van der Waals surface area contributed by atoms with Crippen LogP contribution in [0.25, 0.3) is 0 Å². The summed E-state index contributed by atoms with van der Waals surface area (Å²) < 4.78 is 25.3. The van der Waals surface area contributed by atoms with Gasteiger partial charge in [-0.15, -0.1) is 24.0 Å². The van der Waals surface area contributed by atoms with E-state index in [1.54, 1.807) is 31.3 Å². The Hall–Kier alpha value is -0.610. The second kappa shape index (κ2) is 9.63. The zero-order valence-electron chi connectivity index (χ0n) is 12.8. The molecule has 0 fully saturated rings. The normalized spacial score (nSPS) is 15.3. The summed E-state index contributed by atoms with van der Waals surface area (Å²) >= 11 is 3.30. The van der Waals surface area contributed by atoms with Gasteiger partial charge in [-0.05, 0) is 37.1 Å². The molecule has 1 aromatic carbocycles. The summed E-state index contributed by atoms with van der Waals surface area (Å²) in [6.07, 6.45) is 6.20. The summed E-state index contributed by atoms with van der Waals surface area (Å²) in [6, 6.07) is 7.02. The zero-order chi connectivity index (χ0) is 16.0. The maximum atomic E-state index is 12.2. The van der Waals surface area contributed by atoms with Crippen LogP contribution in [0.15, 0.2) is 50.8 Å². The van der Waals surface area contributed by atoms with Gasteiger partial charge in [-0.3, -0.25) is 4.99 Å². The van der Waals surface area contributed by atoms with Gasteiger partial charge in [0, 0.05) is 24.1 Å². The smallest absolute Gasteiger partial charge is 0.191 e. The largest absolute Gasteiger partial charge is 0.355 e. The number of guanidine groups is 1. The fraction of sp³-hybridized carbons (Fsp3) is 0.400. The third-order valence-corrected chi connectivity index (χ3v) is 5.67. The van der Waals surface area contributed by atoms with E-state index in [0.717, 1.165) is 17.3 Å². The third kappa shape index (κ3) is 6.42. The van der Waals surface area contributed by atoms with E-state index >= 15 is 0 Å². The first-order chi connectivity index (χ1) is 10.5. The molecule has 0 heterocycles. The summed E-state index contributed by atoms with van der Waals surface area (Å²) in [5.41, 5.74) is 0. The first kappa shape index (κ1) is 20.4. The summed E-state index contributed by atoms with van der Waals surface area (Å²) in [7, 11) is -1.61. The van der Waals surface area contributed by atoms with Crippen molar-refractivity contribution >= 4 is 55.7 Å². The molecule has 0 spiro atoms. The molecule has 8 heteroatoms. The van der Waals surface area contributed by atoms with Crippen molar-refractivity contribution in [3.63, 3.8) is 0 Å². The van der Waals surface area contributed by atoms with Gasteiger partial charge in [0.25, 0.3) is 0 Å². The lowest BCUT2D eigenvalue weighted by atomic mass is 10.2. The Balaban J connectivity index is 0.00000264. The zero-order valence-corrected chi connectivity index (χ0v) is 17.6. The number of nitrogens with zero attached hydrogens (tertiary/aromatic N) is 1. The maximum Gasteiger partial charge on any atom is 0.191 e. The summed E-state index contributed by atoms with van der Waals surface area (Å²) in [5, 5.41) is 6.33. The van der Waals surface area contributed by atoms with Crippen molar-refractivity contribution in [1.29, 1.82) is 0 Å². The molecule has 0 amide bonds. The van der Waals surface area contributed by atoms with Gasteiger partial charge in [-0.2, -0.15) is 0 Å². The Labute approximate surface area is 163 Å². The summed E-state index contributed by atoms with van der Waals surface area (Å²) in [5.74, 6) is 0.665. The van der Waals surface area contributed by atoms with Crippen molar-refractivity contribution < 1.29 is 8.42 Å². The molecule has 1 aliphatic rings. The van der Waals surface area contributed by atoms with Crippen LogP contribution in [0, 0.1) is 0 Å². The lowest BCUT2D eigenvalue weighted by Crippen LogP contribution is -2.43. The lowest BCUT2D eigenvalue weighted by molar-refractivity contribution is 0.593. The Kier molecular flexibility index (Phi) is 8.56. The topological polar surface area (TPSA) is 70.6 Å². The fourth-order valence-corrected chi connectivity index (χ4v) is 3.61. The van der Waals surface area contributed by atoms with Crippen molar-refractivity contribution in [2.75, 3.05) is 19.3 Å². The van der Waals surface area contributed by atoms with Crippen LogP contribution in [-0.4, -0.2) is 39.8 Å². The van der Waals surface area contributed by atoms with Crippen LogP contribution >= 0.6 is 39.9 Å². The molecular weight excluding hydrogens is 493 g/mol. The van der Waals surface area contributed by atoms with Crippen LogP contribution in [0.4, 0.5) is 0 Å².